The maximum Gasteiger partial charge on any atom is 0.317 e. The molecule has 108 valence electrons. The lowest BCUT2D eigenvalue weighted by atomic mass is 9.77. The Morgan fingerprint density at radius 2 is 2.16 bits per heavy atom. The molecule has 0 aromatic carbocycles. The van der Waals surface area contributed by atoms with Crippen LogP contribution < -0.4 is 5.32 Å². The fourth-order valence-corrected chi connectivity index (χ4v) is 3.00. The first kappa shape index (κ1) is 14.4. The van der Waals surface area contributed by atoms with Crippen LogP contribution in [0.5, 0.6) is 0 Å². The summed E-state index contributed by atoms with van der Waals surface area (Å²) in [6, 6.07) is 0.371. The van der Waals surface area contributed by atoms with Crippen molar-refractivity contribution in [3.8, 4) is 0 Å². The van der Waals surface area contributed by atoms with Gasteiger partial charge in [0.25, 0.3) is 0 Å². The number of aliphatic hydroxyl groups excluding tert-OH is 1. The molecule has 0 bridgehead atoms. The Kier molecular flexibility index (Phi) is 4.86. The van der Waals surface area contributed by atoms with Crippen LogP contribution in [-0.4, -0.2) is 41.8 Å². The number of allylic oxidation sites excluding steroid dienone is 1. The fourth-order valence-electron chi connectivity index (χ4n) is 3.00. The minimum atomic E-state index is 0.0460. The molecule has 0 aromatic heterocycles. The molecule has 4 nitrogen and oxygen atoms in total. The number of hydrogen-bond acceptors (Lipinski definition) is 2. The summed E-state index contributed by atoms with van der Waals surface area (Å²) in [6.07, 6.45) is 10.2. The number of likely N-dealkylation sites (tertiary alicyclic amines) is 1. The fraction of sp³-hybridized carbons (Fsp3) is 0.800. The van der Waals surface area contributed by atoms with Crippen molar-refractivity contribution in [3.63, 3.8) is 0 Å². The molecule has 0 radical (unpaired) electrons. The summed E-state index contributed by atoms with van der Waals surface area (Å²) in [4.78, 5) is 14.1. The molecule has 1 heterocycles. The van der Waals surface area contributed by atoms with E-state index in [9.17, 15) is 9.90 Å². The van der Waals surface area contributed by atoms with Crippen LogP contribution in [0.3, 0.4) is 0 Å². The van der Waals surface area contributed by atoms with E-state index in [1.165, 1.54) is 0 Å². The molecule has 1 unspecified atom stereocenters. The molecule has 0 aromatic rings. The minimum Gasteiger partial charge on any atom is -0.396 e. The number of nitrogens with one attached hydrogen (secondary N) is 1. The van der Waals surface area contributed by atoms with Crippen LogP contribution in [0, 0.1) is 5.41 Å². The van der Waals surface area contributed by atoms with E-state index in [-0.39, 0.29) is 18.1 Å². The van der Waals surface area contributed by atoms with Crippen molar-refractivity contribution in [1.82, 2.24) is 10.2 Å². The van der Waals surface area contributed by atoms with Crippen molar-refractivity contribution < 1.29 is 9.90 Å². The Hall–Kier alpha value is -1.03. The lowest BCUT2D eigenvalue weighted by Crippen LogP contribution is -2.50. The number of amides is 2. The van der Waals surface area contributed by atoms with Gasteiger partial charge in [-0.05, 0) is 43.9 Å². The van der Waals surface area contributed by atoms with Gasteiger partial charge in [-0.3, -0.25) is 0 Å². The topological polar surface area (TPSA) is 52.6 Å². The number of aliphatic hydroxyl groups is 1. The monoisotopic (exact) mass is 266 g/mol. The van der Waals surface area contributed by atoms with Gasteiger partial charge in [0.1, 0.15) is 0 Å². The van der Waals surface area contributed by atoms with Crippen LogP contribution in [0.15, 0.2) is 12.2 Å². The van der Waals surface area contributed by atoms with Gasteiger partial charge in [0.05, 0.1) is 0 Å². The van der Waals surface area contributed by atoms with Crippen LogP contribution in [0.1, 0.15) is 45.4 Å². The molecule has 4 heteroatoms. The van der Waals surface area contributed by atoms with E-state index >= 15 is 0 Å². The average Bonchev–Trinajstić information content (AvgIpc) is 2.48. The zero-order valence-electron chi connectivity index (χ0n) is 11.9. The summed E-state index contributed by atoms with van der Waals surface area (Å²) in [5, 5.41) is 12.6. The van der Waals surface area contributed by atoms with Crippen LogP contribution in [0.4, 0.5) is 4.79 Å². The zero-order chi connectivity index (χ0) is 13.7. The molecule has 1 atom stereocenters. The lowest BCUT2D eigenvalue weighted by molar-refractivity contribution is 0.0514. The SMILES string of the molecule is CCC1(CO)CCN(C(=O)NC2CC=CCC2)CC1. The van der Waals surface area contributed by atoms with E-state index in [1.807, 2.05) is 4.90 Å². The van der Waals surface area contributed by atoms with Crippen LogP contribution in [0.25, 0.3) is 0 Å². The standard InChI is InChI=1S/C15H26N2O2/c1-2-15(12-18)8-10-17(11-9-15)14(19)16-13-6-4-3-5-7-13/h3-4,13,18H,2,5-12H2,1H3,(H,16,19). The predicted molar refractivity (Wildman–Crippen MR) is 75.9 cm³/mol. The summed E-state index contributed by atoms with van der Waals surface area (Å²) in [5.41, 5.74) is 0.0460. The highest BCUT2D eigenvalue weighted by Crippen LogP contribution is 2.34. The highest BCUT2D eigenvalue weighted by Gasteiger charge is 2.34. The highest BCUT2D eigenvalue weighted by molar-refractivity contribution is 5.74. The first-order valence-corrected chi connectivity index (χ1v) is 7.50. The molecule has 19 heavy (non-hydrogen) atoms. The molecule has 2 amide bonds. The normalized spacial score (nSPS) is 26.2. The van der Waals surface area contributed by atoms with Gasteiger partial charge < -0.3 is 15.3 Å². The van der Waals surface area contributed by atoms with E-state index in [0.29, 0.717) is 6.04 Å². The Morgan fingerprint density at radius 3 is 2.68 bits per heavy atom. The summed E-state index contributed by atoms with van der Waals surface area (Å²) in [5.74, 6) is 0. The molecule has 0 saturated carbocycles. The molecule has 1 aliphatic carbocycles. The molecular weight excluding hydrogens is 240 g/mol. The van der Waals surface area contributed by atoms with E-state index < -0.39 is 0 Å². The number of piperidine rings is 1. The maximum absolute atomic E-state index is 12.2. The van der Waals surface area contributed by atoms with E-state index in [4.69, 9.17) is 0 Å². The van der Waals surface area contributed by atoms with Gasteiger partial charge in [0.15, 0.2) is 0 Å². The van der Waals surface area contributed by atoms with Gasteiger partial charge in [0.2, 0.25) is 0 Å². The molecular formula is C15H26N2O2. The Bertz CT molecular complexity index is 327. The summed E-state index contributed by atoms with van der Waals surface area (Å²) in [6.45, 7) is 3.90. The molecule has 1 fully saturated rings. The van der Waals surface area contributed by atoms with E-state index in [0.717, 1.165) is 51.6 Å². The minimum absolute atomic E-state index is 0.0460. The number of nitrogens with zero attached hydrogens (tertiary/aromatic N) is 1. The van der Waals surface area contributed by atoms with Crippen LogP contribution in [-0.2, 0) is 0 Å². The smallest absolute Gasteiger partial charge is 0.317 e. The molecule has 1 aliphatic heterocycles. The first-order valence-electron chi connectivity index (χ1n) is 7.50. The van der Waals surface area contributed by atoms with E-state index in [2.05, 4.69) is 24.4 Å². The summed E-state index contributed by atoms with van der Waals surface area (Å²) >= 11 is 0. The van der Waals surface area contributed by atoms with Crippen molar-refractivity contribution in [2.45, 2.75) is 51.5 Å². The van der Waals surface area contributed by atoms with Gasteiger partial charge in [0, 0.05) is 25.7 Å². The van der Waals surface area contributed by atoms with Gasteiger partial charge in [-0.1, -0.05) is 19.1 Å². The summed E-state index contributed by atoms with van der Waals surface area (Å²) < 4.78 is 0. The Morgan fingerprint density at radius 1 is 1.42 bits per heavy atom. The number of rotatable bonds is 3. The predicted octanol–water partition coefficient (Wildman–Crippen LogP) is 2.29. The van der Waals surface area contributed by atoms with Gasteiger partial charge in [-0.25, -0.2) is 4.79 Å². The molecule has 0 spiro atoms. The molecule has 1 saturated heterocycles. The van der Waals surface area contributed by atoms with Gasteiger partial charge >= 0.3 is 6.03 Å². The van der Waals surface area contributed by atoms with Crippen molar-refractivity contribution in [2.75, 3.05) is 19.7 Å². The van der Waals surface area contributed by atoms with Gasteiger partial charge in [-0.2, -0.15) is 0 Å². The Balaban J connectivity index is 1.80. The first-order chi connectivity index (χ1) is 9.19. The number of carbonyl (C=O) groups is 1. The van der Waals surface area contributed by atoms with Crippen LogP contribution >= 0.6 is 0 Å². The Labute approximate surface area is 115 Å². The average molecular weight is 266 g/mol. The lowest BCUT2D eigenvalue weighted by Gasteiger charge is -2.40. The zero-order valence-corrected chi connectivity index (χ0v) is 11.9. The maximum atomic E-state index is 12.2. The second-order valence-electron chi connectivity index (χ2n) is 5.93. The third kappa shape index (κ3) is 3.50. The second-order valence-corrected chi connectivity index (χ2v) is 5.93. The molecule has 2 rings (SSSR count). The van der Waals surface area contributed by atoms with Gasteiger partial charge in [-0.15, -0.1) is 0 Å². The molecule has 2 N–H and O–H groups in total. The summed E-state index contributed by atoms with van der Waals surface area (Å²) in [7, 11) is 0. The highest BCUT2D eigenvalue weighted by atomic mass is 16.3. The quantitative estimate of drug-likeness (QED) is 0.770. The van der Waals surface area contributed by atoms with Crippen LogP contribution in [0.2, 0.25) is 0 Å². The number of hydrogen-bond donors (Lipinski definition) is 2. The third-order valence-electron chi connectivity index (χ3n) is 4.79. The van der Waals surface area contributed by atoms with Crippen molar-refractivity contribution in [1.29, 1.82) is 0 Å². The molecule has 2 aliphatic rings. The van der Waals surface area contributed by atoms with Crippen molar-refractivity contribution in [2.24, 2.45) is 5.41 Å². The number of carbonyl (C=O) groups excluding carboxylic acids is 1. The third-order valence-corrected chi connectivity index (χ3v) is 4.79. The number of urea groups is 1. The van der Waals surface area contributed by atoms with Crippen molar-refractivity contribution in [3.05, 3.63) is 12.2 Å². The van der Waals surface area contributed by atoms with Crippen molar-refractivity contribution >= 4 is 6.03 Å². The second kappa shape index (κ2) is 6.42. The largest absolute Gasteiger partial charge is 0.396 e. The van der Waals surface area contributed by atoms with E-state index in [1.54, 1.807) is 0 Å².